The molecule has 0 radical (unpaired) electrons. The predicted octanol–water partition coefficient (Wildman–Crippen LogP) is 1.30. The first-order valence-electron chi connectivity index (χ1n) is 7.04. The molecule has 0 bridgehead atoms. The molecule has 1 unspecified atom stereocenters. The van der Waals surface area contributed by atoms with E-state index >= 15 is 0 Å². The van der Waals surface area contributed by atoms with Gasteiger partial charge in [0.05, 0.1) is 0 Å². The minimum Gasteiger partial charge on any atom is -0.481 e. The van der Waals surface area contributed by atoms with Crippen molar-refractivity contribution < 1.29 is 32.7 Å². The minimum atomic E-state index is -4.52. The maximum Gasteiger partial charge on any atom is 0.405 e. The molecule has 6 nitrogen and oxygen atoms in total. The number of hydrogen-bond acceptors (Lipinski definition) is 3. The van der Waals surface area contributed by atoms with Crippen molar-refractivity contribution in [1.29, 1.82) is 0 Å². The lowest BCUT2D eigenvalue weighted by Crippen LogP contribution is -2.46. The second kappa shape index (κ2) is 8.00. The van der Waals surface area contributed by atoms with Crippen LogP contribution in [0.15, 0.2) is 0 Å². The second-order valence-corrected chi connectivity index (χ2v) is 5.24. The van der Waals surface area contributed by atoms with Crippen molar-refractivity contribution in [1.82, 2.24) is 10.2 Å². The van der Waals surface area contributed by atoms with Gasteiger partial charge in [0.1, 0.15) is 13.0 Å². The number of halogens is 3. The summed E-state index contributed by atoms with van der Waals surface area (Å²) in [4.78, 5) is 35.4. The van der Waals surface area contributed by atoms with Gasteiger partial charge < -0.3 is 15.3 Å². The molecule has 126 valence electrons. The molecule has 2 N–H and O–H groups in total. The average Bonchev–Trinajstić information content (AvgIpc) is 2.42. The SMILES string of the molecule is O=C(O)CCC1CCCCN1C(=O)CC(=O)NCC(F)(F)F. The molecule has 1 aliphatic heterocycles. The standard InChI is InChI=1S/C13H19F3N2O4/c14-13(15,16)8-17-10(19)7-11(20)18-6-2-1-3-9(18)4-5-12(21)22/h9H,1-8H2,(H,17,19)(H,21,22). The zero-order valence-electron chi connectivity index (χ0n) is 12.0. The van der Waals surface area contributed by atoms with Crippen molar-refractivity contribution in [3.63, 3.8) is 0 Å². The minimum absolute atomic E-state index is 0.0886. The number of carboxylic acid groups (broad SMARTS) is 1. The van der Waals surface area contributed by atoms with Gasteiger partial charge in [-0.3, -0.25) is 14.4 Å². The number of carboxylic acids is 1. The van der Waals surface area contributed by atoms with Gasteiger partial charge >= 0.3 is 12.1 Å². The summed E-state index contributed by atoms with van der Waals surface area (Å²) in [5.41, 5.74) is 0. The highest BCUT2D eigenvalue weighted by Crippen LogP contribution is 2.21. The number of nitrogens with one attached hydrogen (secondary N) is 1. The molecule has 22 heavy (non-hydrogen) atoms. The summed E-state index contributed by atoms with van der Waals surface area (Å²) in [5, 5.41) is 10.3. The van der Waals surface area contributed by atoms with Crippen LogP contribution in [0.25, 0.3) is 0 Å². The van der Waals surface area contributed by atoms with Crippen molar-refractivity contribution in [2.24, 2.45) is 0 Å². The zero-order chi connectivity index (χ0) is 16.8. The third-order valence-electron chi connectivity index (χ3n) is 3.44. The van der Waals surface area contributed by atoms with Gasteiger partial charge in [-0.2, -0.15) is 13.2 Å². The van der Waals surface area contributed by atoms with Gasteiger partial charge in [-0.15, -0.1) is 0 Å². The third-order valence-corrected chi connectivity index (χ3v) is 3.44. The molecule has 1 atom stereocenters. The number of carbonyl (C=O) groups is 3. The van der Waals surface area contributed by atoms with Gasteiger partial charge in [-0.1, -0.05) is 0 Å². The van der Waals surface area contributed by atoms with Crippen LogP contribution in [0.2, 0.25) is 0 Å². The van der Waals surface area contributed by atoms with E-state index in [0.29, 0.717) is 13.0 Å². The van der Waals surface area contributed by atoms with Crippen molar-refractivity contribution >= 4 is 17.8 Å². The summed E-state index contributed by atoms with van der Waals surface area (Å²) < 4.78 is 35.9. The molecule has 1 saturated heterocycles. The molecule has 1 aliphatic rings. The molecular weight excluding hydrogens is 305 g/mol. The lowest BCUT2D eigenvalue weighted by molar-refractivity contribution is -0.145. The molecule has 0 aliphatic carbocycles. The normalized spacial score (nSPS) is 18.9. The highest BCUT2D eigenvalue weighted by atomic mass is 19.4. The number of nitrogens with zero attached hydrogens (tertiary/aromatic N) is 1. The van der Waals surface area contributed by atoms with E-state index < -0.39 is 36.9 Å². The van der Waals surface area contributed by atoms with E-state index in [9.17, 15) is 27.6 Å². The Bertz CT molecular complexity index is 426. The Labute approximate surface area is 125 Å². The summed E-state index contributed by atoms with van der Waals surface area (Å²) in [7, 11) is 0. The van der Waals surface area contributed by atoms with E-state index in [2.05, 4.69) is 0 Å². The van der Waals surface area contributed by atoms with Crippen molar-refractivity contribution in [3.8, 4) is 0 Å². The van der Waals surface area contributed by atoms with Gasteiger partial charge in [0.2, 0.25) is 11.8 Å². The van der Waals surface area contributed by atoms with Crippen LogP contribution >= 0.6 is 0 Å². The Morgan fingerprint density at radius 3 is 2.50 bits per heavy atom. The first kappa shape index (κ1) is 18.2. The van der Waals surface area contributed by atoms with Gasteiger partial charge in [0.25, 0.3) is 0 Å². The fourth-order valence-electron chi connectivity index (χ4n) is 2.42. The second-order valence-electron chi connectivity index (χ2n) is 5.24. The van der Waals surface area contributed by atoms with Crippen molar-refractivity contribution in [2.45, 2.75) is 50.7 Å². The maximum absolute atomic E-state index is 12.0. The maximum atomic E-state index is 12.0. The Balaban J connectivity index is 2.49. The Morgan fingerprint density at radius 2 is 1.91 bits per heavy atom. The van der Waals surface area contributed by atoms with E-state index in [1.807, 2.05) is 0 Å². The molecule has 1 rings (SSSR count). The van der Waals surface area contributed by atoms with Crippen molar-refractivity contribution in [2.75, 3.05) is 13.1 Å². The van der Waals surface area contributed by atoms with Crippen LogP contribution in [0.5, 0.6) is 0 Å². The molecular formula is C13H19F3N2O4. The first-order chi connectivity index (χ1) is 10.2. The number of alkyl halides is 3. The van der Waals surface area contributed by atoms with Crippen LogP contribution in [0.4, 0.5) is 13.2 Å². The number of rotatable bonds is 6. The van der Waals surface area contributed by atoms with E-state index in [1.54, 1.807) is 5.32 Å². The molecule has 0 aromatic rings. The molecule has 0 spiro atoms. The van der Waals surface area contributed by atoms with E-state index in [-0.39, 0.29) is 18.9 Å². The lowest BCUT2D eigenvalue weighted by atomic mass is 9.97. The number of hydrogen-bond donors (Lipinski definition) is 2. The smallest absolute Gasteiger partial charge is 0.405 e. The molecule has 1 fully saturated rings. The summed E-state index contributed by atoms with van der Waals surface area (Å²) in [6.45, 7) is -1.07. The van der Waals surface area contributed by atoms with Crippen LogP contribution in [0, 0.1) is 0 Å². The van der Waals surface area contributed by atoms with E-state index in [1.165, 1.54) is 4.90 Å². The summed E-state index contributed by atoms with van der Waals surface area (Å²) in [5.74, 6) is -2.51. The van der Waals surface area contributed by atoms with Gasteiger partial charge in [0.15, 0.2) is 0 Å². The topological polar surface area (TPSA) is 86.7 Å². The van der Waals surface area contributed by atoms with E-state index in [4.69, 9.17) is 5.11 Å². The van der Waals surface area contributed by atoms with Crippen molar-refractivity contribution in [3.05, 3.63) is 0 Å². The number of piperidine rings is 1. The van der Waals surface area contributed by atoms with Gasteiger partial charge in [-0.25, -0.2) is 0 Å². The van der Waals surface area contributed by atoms with Gasteiger partial charge in [0, 0.05) is 19.0 Å². The number of amides is 2. The fourth-order valence-corrected chi connectivity index (χ4v) is 2.42. The summed E-state index contributed by atoms with van der Waals surface area (Å²) in [6.07, 6.45) is -2.75. The third kappa shape index (κ3) is 6.77. The Hall–Kier alpha value is -1.80. The lowest BCUT2D eigenvalue weighted by Gasteiger charge is -2.35. The van der Waals surface area contributed by atoms with Crippen LogP contribution < -0.4 is 5.32 Å². The van der Waals surface area contributed by atoms with Crippen LogP contribution in [0.3, 0.4) is 0 Å². The molecule has 9 heteroatoms. The monoisotopic (exact) mass is 324 g/mol. The largest absolute Gasteiger partial charge is 0.481 e. The quantitative estimate of drug-likeness (QED) is 0.721. The fraction of sp³-hybridized carbons (Fsp3) is 0.769. The molecule has 0 saturated carbocycles. The summed E-state index contributed by atoms with van der Waals surface area (Å²) in [6, 6.07) is -0.271. The average molecular weight is 324 g/mol. The molecule has 0 aromatic heterocycles. The van der Waals surface area contributed by atoms with E-state index in [0.717, 1.165) is 12.8 Å². The highest BCUT2D eigenvalue weighted by molar-refractivity contribution is 5.97. The Morgan fingerprint density at radius 1 is 1.23 bits per heavy atom. The number of carbonyl (C=O) groups excluding carboxylic acids is 2. The van der Waals surface area contributed by atoms with Crippen LogP contribution in [-0.2, 0) is 14.4 Å². The van der Waals surface area contributed by atoms with Gasteiger partial charge in [-0.05, 0) is 25.7 Å². The molecule has 0 aromatic carbocycles. The van der Waals surface area contributed by atoms with Crippen LogP contribution in [-0.4, -0.2) is 53.1 Å². The zero-order valence-corrected chi connectivity index (χ0v) is 12.0. The number of aliphatic carboxylic acids is 1. The Kier molecular flexibility index (Phi) is 6.63. The molecule has 2 amide bonds. The van der Waals surface area contributed by atoms with Crippen LogP contribution in [0.1, 0.15) is 38.5 Å². The summed E-state index contributed by atoms with van der Waals surface area (Å²) >= 11 is 0. The first-order valence-corrected chi connectivity index (χ1v) is 7.04. The predicted molar refractivity (Wildman–Crippen MR) is 69.9 cm³/mol. The number of likely N-dealkylation sites (tertiary alicyclic amines) is 1. The molecule has 1 heterocycles. The highest BCUT2D eigenvalue weighted by Gasteiger charge is 2.30.